The number of aliphatic imine (C=N–C) groups is 2. The highest BCUT2D eigenvalue weighted by Gasteiger charge is 2.55. The number of aryl methyl sites for hydroxylation is 1. The Bertz CT molecular complexity index is 2820. The summed E-state index contributed by atoms with van der Waals surface area (Å²) in [6.45, 7) is 9.45. The van der Waals surface area contributed by atoms with Crippen molar-refractivity contribution in [1.82, 2.24) is 0 Å². The minimum atomic E-state index is -0.163. The van der Waals surface area contributed by atoms with Gasteiger partial charge in [0.2, 0.25) is 0 Å². The molecule has 6 atom stereocenters. The lowest BCUT2D eigenvalue weighted by atomic mass is 9.80. The molecule has 2 N–H and O–H groups in total. The Hall–Kier alpha value is -6.20. The summed E-state index contributed by atoms with van der Waals surface area (Å²) in [6, 6.07) is 17.6. The van der Waals surface area contributed by atoms with E-state index in [2.05, 4.69) is 148 Å². The normalized spacial score (nSPS) is 29.3. The number of fused-ring (bicyclic) bond motifs is 5. The van der Waals surface area contributed by atoms with E-state index in [9.17, 15) is 0 Å². The number of hydrogen-bond donors (Lipinski definition) is 1. The van der Waals surface area contributed by atoms with Crippen molar-refractivity contribution in [1.29, 1.82) is 0 Å². The Labute approximate surface area is 366 Å². The fourth-order valence-corrected chi connectivity index (χ4v) is 10.9. The van der Waals surface area contributed by atoms with Crippen LogP contribution < -0.4 is 5.73 Å². The molecule has 2 heterocycles. The van der Waals surface area contributed by atoms with Crippen molar-refractivity contribution in [2.24, 2.45) is 44.8 Å². The summed E-state index contributed by atoms with van der Waals surface area (Å²) in [7, 11) is 0. The maximum atomic E-state index is 7.18. The predicted molar refractivity (Wildman–Crippen MR) is 256 cm³/mol. The van der Waals surface area contributed by atoms with Gasteiger partial charge >= 0.3 is 0 Å². The summed E-state index contributed by atoms with van der Waals surface area (Å²) in [5.74, 6) is 3.78. The van der Waals surface area contributed by atoms with Gasteiger partial charge in [0.1, 0.15) is 34.9 Å². The van der Waals surface area contributed by atoms with Gasteiger partial charge in [0.05, 0.1) is 5.92 Å². The van der Waals surface area contributed by atoms with Crippen molar-refractivity contribution in [3.63, 3.8) is 0 Å². The van der Waals surface area contributed by atoms with Gasteiger partial charge in [-0.1, -0.05) is 135 Å². The second-order valence-corrected chi connectivity index (χ2v) is 18.5. The summed E-state index contributed by atoms with van der Waals surface area (Å²) in [5, 5.41) is 1.22. The zero-order valence-corrected chi connectivity index (χ0v) is 35.9. The third-order valence-corrected chi connectivity index (χ3v) is 14.5. The number of allylic oxidation sites excluding steroid dienone is 18. The Morgan fingerprint density at radius 3 is 2.71 bits per heavy atom. The van der Waals surface area contributed by atoms with Crippen LogP contribution in [0.2, 0.25) is 0 Å². The third-order valence-electron chi connectivity index (χ3n) is 14.5. The molecule has 62 heavy (non-hydrogen) atoms. The molecule has 8 aliphatic rings. The molecule has 2 fully saturated rings. The van der Waals surface area contributed by atoms with Crippen LogP contribution in [0.3, 0.4) is 0 Å². The number of nitrogens with two attached hydrogens (primary N) is 1. The quantitative estimate of drug-likeness (QED) is 0.173. The van der Waals surface area contributed by atoms with E-state index < -0.39 is 0 Å². The smallest absolute Gasteiger partial charge is 0.142 e. The number of nitrogens with zero attached hydrogens (tertiary/aromatic N) is 2. The van der Waals surface area contributed by atoms with Crippen LogP contribution in [0.25, 0.3) is 28.2 Å². The Morgan fingerprint density at radius 1 is 1.00 bits per heavy atom. The van der Waals surface area contributed by atoms with Crippen molar-refractivity contribution < 1.29 is 9.15 Å². The number of hydrogen-bond acceptors (Lipinski definition) is 3. The molecular formula is C57H55N3O2. The molecule has 5 nitrogen and oxygen atoms in total. The van der Waals surface area contributed by atoms with Gasteiger partial charge in [-0.15, -0.1) is 0 Å². The third kappa shape index (κ3) is 7.06. The van der Waals surface area contributed by atoms with E-state index in [0.29, 0.717) is 30.0 Å². The first kappa shape index (κ1) is 38.7. The first-order valence-corrected chi connectivity index (χ1v) is 22.9. The van der Waals surface area contributed by atoms with Crippen LogP contribution in [0.4, 0.5) is 0 Å². The van der Waals surface area contributed by atoms with Crippen LogP contribution in [-0.4, -0.2) is 24.3 Å². The minimum absolute atomic E-state index is 0.0577. The predicted octanol–water partition coefficient (Wildman–Crippen LogP) is 13.1. The molecule has 1 saturated carbocycles. The van der Waals surface area contributed by atoms with E-state index in [1.165, 1.54) is 50.0 Å². The summed E-state index contributed by atoms with van der Waals surface area (Å²) in [6.07, 6.45) is 39.6. The highest BCUT2D eigenvalue weighted by molar-refractivity contribution is 6.08. The van der Waals surface area contributed by atoms with Crippen molar-refractivity contribution in [2.75, 3.05) is 6.54 Å². The maximum Gasteiger partial charge on any atom is 0.142 e. The Kier molecular flexibility index (Phi) is 9.74. The average Bonchev–Trinajstić information content (AvgIpc) is 4.16. The lowest BCUT2D eigenvalue weighted by Crippen LogP contribution is -2.30. The molecule has 1 saturated heterocycles. The van der Waals surface area contributed by atoms with Crippen molar-refractivity contribution >= 4 is 39.9 Å². The molecule has 0 spiro atoms. The van der Waals surface area contributed by atoms with E-state index in [1.807, 2.05) is 6.08 Å². The van der Waals surface area contributed by atoms with Crippen LogP contribution in [-0.2, 0) is 11.2 Å². The number of benzene rings is 2. The van der Waals surface area contributed by atoms with Crippen molar-refractivity contribution in [2.45, 2.75) is 71.3 Å². The zero-order valence-electron chi connectivity index (χ0n) is 35.9. The van der Waals surface area contributed by atoms with Gasteiger partial charge < -0.3 is 14.9 Å². The van der Waals surface area contributed by atoms with Crippen LogP contribution in [0, 0.1) is 29.1 Å². The number of amidine groups is 2. The number of furan rings is 1. The maximum absolute atomic E-state index is 7.18. The van der Waals surface area contributed by atoms with E-state index in [1.54, 1.807) is 0 Å². The zero-order chi connectivity index (χ0) is 42.0. The first-order chi connectivity index (χ1) is 30.3. The second-order valence-electron chi connectivity index (χ2n) is 18.5. The molecule has 2 aromatic carbocycles. The molecule has 4 unspecified atom stereocenters. The molecule has 1 aromatic heterocycles. The molecule has 3 aromatic rings. The fourth-order valence-electron chi connectivity index (χ4n) is 10.9. The molecule has 0 bridgehead atoms. The molecular weight excluding hydrogens is 759 g/mol. The van der Waals surface area contributed by atoms with Crippen LogP contribution in [0.5, 0.6) is 0 Å². The summed E-state index contributed by atoms with van der Waals surface area (Å²) < 4.78 is 13.0. The second kappa shape index (κ2) is 15.6. The first-order valence-electron chi connectivity index (χ1n) is 22.9. The standard InChI is InChI=1S/C57H55N3O2/c1-35-15-10-11-20-43(35)42-32-49(38-16-6-4-7-17-38)50-34-57(50,33-42)27-28-59-56(60-55(58)47-24-14-26-52-53(47)48(37(3)61-52)31-41-29-36(41)2)40-19-12-18-39(30-40)44-22-13-23-46-45-21-8-5-9-25-51(45)62-54(44)46/h4,6-7,9-10,12-19,22-26,29,31-33,36,40,50,52-53H,3,5,8,11,20-21,27-28,30,34H2,1-2H3,(H2,58,59,60)/b48-31+/t36-,40?,50?,52?,53?,57+/m1/s1. The van der Waals surface area contributed by atoms with Gasteiger partial charge in [0, 0.05) is 40.1 Å². The van der Waals surface area contributed by atoms with Gasteiger partial charge in [-0.25, -0.2) is 4.99 Å². The number of rotatable bonds is 9. The van der Waals surface area contributed by atoms with Crippen LogP contribution in [0.1, 0.15) is 81.2 Å². The topological polar surface area (TPSA) is 73.1 Å². The monoisotopic (exact) mass is 813 g/mol. The largest absolute Gasteiger partial charge is 0.486 e. The highest BCUT2D eigenvalue weighted by Crippen LogP contribution is 2.65. The molecule has 5 heteroatoms. The number of ether oxygens (including phenoxy) is 1. The summed E-state index contributed by atoms with van der Waals surface area (Å²) >= 11 is 0. The van der Waals surface area contributed by atoms with E-state index in [4.69, 9.17) is 24.9 Å². The Morgan fingerprint density at radius 2 is 1.85 bits per heavy atom. The van der Waals surface area contributed by atoms with Gasteiger partial charge in [0.25, 0.3) is 0 Å². The molecule has 0 radical (unpaired) electrons. The summed E-state index contributed by atoms with van der Waals surface area (Å²) in [4.78, 5) is 10.8. The summed E-state index contributed by atoms with van der Waals surface area (Å²) in [5.41, 5.74) is 22.3. The molecule has 7 aliphatic carbocycles. The lowest BCUT2D eigenvalue weighted by Gasteiger charge is -2.25. The molecule has 11 rings (SSSR count). The van der Waals surface area contributed by atoms with Crippen LogP contribution in [0.15, 0.2) is 188 Å². The Balaban J connectivity index is 0.940. The van der Waals surface area contributed by atoms with Crippen molar-refractivity contribution in [3.05, 3.63) is 196 Å². The molecule has 1 aliphatic heterocycles. The van der Waals surface area contributed by atoms with Crippen molar-refractivity contribution in [3.8, 4) is 0 Å². The highest BCUT2D eigenvalue weighted by atomic mass is 16.5. The SMILES string of the molecule is C=C1OC2C=CC=C(C(N)=NC(=NCC[C@@]34C=C(C5=C(C)C=CCC5)C=C(c5ccccc5)C3C4)C3C=CC=C(c4cccc5c6c(oc45)C=CCCC6)C3)C2/C1=C/C1=C[C@H]1C. The molecule has 310 valence electrons. The number of para-hydroxylation sites is 1. The van der Waals surface area contributed by atoms with E-state index in [-0.39, 0.29) is 23.4 Å². The van der Waals surface area contributed by atoms with Gasteiger partial charge in [-0.2, -0.15) is 0 Å². The average molecular weight is 814 g/mol. The van der Waals surface area contributed by atoms with Crippen LogP contribution >= 0.6 is 0 Å². The fraction of sp³-hybridized carbons (Fsp3) is 0.298. The molecule has 0 amide bonds. The lowest BCUT2D eigenvalue weighted by molar-refractivity contribution is 0.184. The minimum Gasteiger partial charge on any atom is -0.486 e. The van der Waals surface area contributed by atoms with E-state index >= 15 is 0 Å². The van der Waals surface area contributed by atoms with Gasteiger partial charge in [-0.05, 0) is 127 Å². The van der Waals surface area contributed by atoms with Gasteiger partial charge in [0.15, 0.2) is 0 Å². The van der Waals surface area contributed by atoms with E-state index in [0.717, 1.165) is 85.3 Å². The van der Waals surface area contributed by atoms with Gasteiger partial charge in [-0.3, -0.25) is 4.99 Å².